The Kier molecular flexibility index (Phi) is 6.29. The number of hydrogen-bond acceptors (Lipinski definition) is 6. The van der Waals surface area contributed by atoms with Gasteiger partial charge in [0.2, 0.25) is 0 Å². The molecule has 1 atom stereocenters. The molecule has 0 bridgehead atoms. The van der Waals surface area contributed by atoms with Crippen LogP contribution in [-0.4, -0.2) is 42.9 Å². The SMILES string of the molecule is NCCOCCOCC(N)c1c[nH]c(=O)c(=O)[nH]1. The second-order valence-electron chi connectivity index (χ2n) is 3.61. The third-order valence-electron chi connectivity index (χ3n) is 2.15. The average molecular weight is 258 g/mol. The van der Waals surface area contributed by atoms with Crippen molar-refractivity contribution in [1.82, 2.24) is 9.97 Å². The zero-order valence-corrected chi connectivity index (χ0v) is 9.98. The lowest BCUT2D eigenvalue weighted by atomic mass is 10.2. The molecule has 0 aromatic carbocycles. The van der Waals surface area contributed by atoms with Gasteiger partial charge in [0.1, 0.15) is 0 Å². The van der Waals surface area contributed by atoms with Gasteiger partial charge in [0.05, 0.1) is 38.2 Å². The normalized spacial score (nSPS) is 12.6. The van der Waals surface area contributed by atoms with Crippen molar-refractivity contribution in [3.63, 3.8) is 0 Å². The third-order valence-corrected chi connectivity index (χ3v) is 2.15. The number of nitrogens with two attached hydrogens (primary N) is 2. The molecule has 1 rings (SSSR count). The predicted molar refractivity (Wildman–Crippen MR) is 65.3 cm³/mol. The molecule has 1 unspecified atom stereocenters. The molecule has 8 heteroatoms. The fraction of sp³-hybridized carbons (Fsp3) is 0.600. The van der Waals surface area contributed by atoms with Crippen LogP contribution in [0, 0.1) is 0 Å². The largest absolute Gasteiger partial charge is 0.378 e. The van der Waals surface area contributed by atoms with Crippen molar-refractivity contribution in [2.45, 2.75) is 6.04 Å². The summed E-state index contributed by atoms with van der Waals surface area (Å²) in [4.78, 5) is 26.6. The average Bonchev–Trinajstić information content (AvgIpc) is 2.36. The number of hydrogen-bond donors (Lipinski definition) is 4. The number of rotatable bonds is 8. The Labute approximate surface area is 103 Å². The summed E-state index contributed by atoms with van der Waals surface area (Å²) in [7, 11) is 0. The van der Waals surface area contributed by atoms with Gasteiger partial charge in [-0.25, -0.2) is 0 Å². The minimum atomic E-state index is -0.728. The second kappa shape index (κ2) is 7.77. The quantitative estimate of drug-likeness (QED) is 0.316. The zero-order valence-electron chi connectivity index (χ0n) is 9.98. The molecule has 1 aromatic rings. The molecule has 6 N–H and O–H groups in total. The van der Waals surface area contributed by atoms with E-state index in [0.29, 0.717) is 32.1 Å². The molecule has 0 spiro atoms. The van der Waals surface area contributed by atoms with Crippen molar-refractivity contribution < 1.29 is 9.47 Å². The molecule has 0 saturated heterocycles. The molecule has 0 radical (unpaired) electrons. The van der Waals surface area contributed by atoms with Crippen LogP contribution >= 0.6 is 0 Å². The summed E-state index contributed by atoms with van der Waals surface area (Å²) >= 11 is 0. The molecule has 1 heterocycles. The van der Waals surface area contributed by atoms with Crippen molar-refractivity contribution in [2.75, 3.05) is 33.0 Å². The molecular formula is C10H18N4O4. The van der Waals surface area contributed by atoms with E-state index in [1.54, 1.807) is 0 Å². The van der Waals surface area contributed by atoms with Crippen LogP contribution in [0.25, 0.3) is 0 Å². The molecule has 0 saturated carbocycles. The summed E-state index contributed by atoms with van der Waals surface area (Å²) in [5.74, 6) is 0. The lowest BCUT2D eigenvalue weighted by molar-refractivity contribution is 0.0449. The van der Waals surface area contributed by atoms with E-state index in [1.165, 1.54) is 6.20 Å². The van der Waals surface area contributed by atoms with Crippen LogP contribution in [-0.2, 0) is 9.47 Å². The molecule has 0 aliphatic carbocycles. The predicted octanol–water partition coefficient (Wildman–Crippen LogP) is -1.95. The van der Waals surface area contributed by atoms with Crippen molar-refractivity contribution in [3.8, 4) is 0 Å². The van der Waals surface area contributed by atoms with E-state index in [4.69, 9.17) is 20.9 Å². The Morgan fingerprint density at radius 1 is 1.17 bits per heavy atom. The molecule has 8 nitrogen and oxygen atoms in total. The van der Waals surface area contributed by atoms with Gasteiger partial charge < -0.3 is 30.9 Å². The smallest absolute Gasteiger partial charge is 0.313 e. The maximum atomic E-state index is 11.1. The van der Waals surface area contributed by atoms with Crippen molar-refractivity contribution >= 4 is 0 Å². The summed E-state index contributed by atoms with van der Waals surface area (Å²) in [5.41, 5.74) is 10.0. The van der Waals surface area contributed by atoms with Gasteiger partial charge in [-0.2, -0.15) is 0 Å². The van der Waals surface area contributed by atoms with Crippen molar-refractivity contribution in [3.05, 3.63) is 32.6 Å². The van der Waals surface area contributed by atoms with Gasteiger partial charge in [0, 0.05) is 12.7 Å². The molecule has 0 aliphatic heterocycles. The van der Waals surface area contributed by atoms with E-state index in [1.807, 2.05) is 0 Å². The molecule has 0 amide bonds. The monoisotopic (exact) mass is 258 g/mol. The molecule has 1 aromatic heterocycles. The first kappa shape index (κ1) is 14.6. The number of ether oxygens (including phenoxy) is 2. The maximum Gasteiger partial charge on any atom is 0.313 e. The zero-order chi connectivity index (χ0) is 13.4. The Hall–Kier alpha value is -1.48. The Morgan fingerprint density at radius 3 is 2.56 bits per heavy atom. The van der Waals surface area contributed by atoms with Crippen LogP contribution in [0.5, 0.6) is 0 Å². The van der Waals surface area contributed by atoms with Gasteiger partial charge >= 0.3 is 11.1 Å². The van der Waals surface area contributed by atoms with Crippen LogP contribution in [0.15, 0.2) is 15.8 Å². The fourth-order valence-corrected chi connectivity index (χ4v) is 1.24. The Balaban J connectivity index is 2.32. The highest BCUT2D eigenvalue weighted by molar-refractivity contribution is 5.01. The highest BCUT2D eigenvalue weighted by Gasteiger charge is 2.08. The van der Waals surface area contributed by atoms with Crippen LogP contribution in [0.1, 0.15) is 11.7 Å². The lowest BCUT2D eigenvalue weighted by Gasteiger charge is -2.11. The standard InChI is InChI=1S/C10H18N4O4/c11-1-2-17-3-4-18-6-7(12)8-5-13-9(15)10(16)14-8/h5,7H,1-4,6,11-12H2,(H,13,15)(H,14,16). The first-order valence-electron chi connectivity index (χ1n) is 5.58. The summed E-state index contributed by atoms with van der Waals surface area (Å²) in [6.45, 7) is 2.00. The van der Waals surface area contributed by atoms with Gasteiger partial charge in [-0.1, -0.05) is 0 Å². The summed E-state index contributed by atoms with van der Waals surface area (Å²) < 4.78 is 10.4. The van der Waals surface area contributed by atoms with E-state index in [-0.39, 0.29) is 6.61 Å². The summed E-state index contributed by atoms with van der Waals surface area (Å²) in [6, 6.07) is -0.510. The fourth-order valence-electron chi connectivity index (χ4n) is 1.24. The Bertz CT molecular complexity index is 456. The maximum absolute atomic E-state index is 11.1. The van der Waals surface area contributed by atoms with Crippen LogP contribution in [0.3, 0.4) is 0 Å². The van der Waals surface area contributed by atoms with Gasteiger partial charge in [0.25, 0.3) is 0 Å². The number of aromatic amines is 2. The highest BCUT2D eigenvalue weighted by atomic mass is 16.5. The summed E-state index contributed by atoms with van der Waals surface area (Å²) in [5, 5.41) is 0. The minimum Gasteiger partial charge on any atom is -0.378 e. The topological polar surface area (TPSA) is 136 Å². The van der Waals surface area contributed by atoms with E-state index in [0.717, 1.165) is 0 Å². The molecule has 18 heavy (non-hydrogen) atoms. The van der Waals surface area contributed by atoms with Crippen molar-refractivity contribution in [2.24, 2.45) is 11.5 Å². The van der Waals surface area contributed by atoms with Gasteiger partial charge in [-0.05, 0) is 0 Å². The molecule has 102 valence electrons. The highest BCUT2D eigenvalue weighted by Crippen LogP contribution is 2.02. The lowest BCUT2D eigenvalue weighted by Crippen LogP contribution is -2.32. The van der Waals surface area contributed by atoms with Gasteiger partial charge in [-0.15, -0.1) is 0 Å². The van der Waals surface area contributed by atoms with Crippen molar-refractivity contribution in [1.29, 1.82) is 0 Å². The number of aromatic nitrogens is 2. The molecule has 0 fully saturated rings. The third kappa shape index (κ3) is 4.80. The van der Waals surface area contributed by atoms with Gasteiger partial charge in [0.15, 0.2) is 0 Å². The first-order chi connectivity index (χ1) is 8.65. The van der Waals surface area contributed by atoms with Crippen LogP contribution < -0.4 is 22.6 Å². The second-order valence-corrected chi connectivity index (χ2v) is 3.61. The minimum absolute atomic E-state index is 0.216. The first-order valence-corrected chi connectivity index (χ1v) is 5.58. The van der Waals surface area contributed by atoms with E-state index < -0.39 is 17.2 Å². The Morgan fingerprint density at radius 2 is 1.89 bits per heavy atom. The number of nitrogens with one attached hydrogen (secondary N) is 2. The van der Waals surface area contributed by atoms with E-state index in [9.17, 15) is 9.59 Å². The van der Waals surface area contributed by atoms with E-state index in [2.05, 4.69) is 9.97 Å². The molecular weight excluding hydrogens is 240 g/mol. The van der Waals surface area contributed by atoms with Gasteiger partial charge in [-0.3, -0.25) is 9.59 Å². The van der Waals surface area contributed by atoms with Crippen LogP contribution in [0.4, 0.5) is 0 Å². The van der Waals surface area contributed by atoms with E-state index >= 15 is 0 Å². The summed E-state index contributed by atoms with van der Waals surface area (Å²) in [6.07, 6.45) is 1.36. The molecule has 0 aliphatic rings. The van der Waals surface area contributed by atoms with Crippen LogP contribution in [0.2, 0.25) is 0 Å². The number of H-pyrrole nitrogens is 2.